The number of allylic oxidation sites excluding steroid dienone is 7. The van der Waals surface area contributed by atoms with Crippen LogP contribution in [0.2, 0.25) is 0 Å². The van der Waals surface area contributed by atoms with Gasteiger partial charge in [0, 0.05) is 18.9 Å². The van der Waals surface area contributed by atoms with E-state index in [1.54, 1.807) is 54.7 Å². The quantitative estimate of drug-likeness (QED) is 0.422. The van der Waals surface area contributed by atoms with Crippen LogP contribution in [0.3, 0.4) is 0 Å². The minimum atomic E-state index is -0.762. The molecule has 0 unspecified atom stereocenters. The second-order valence-corrected chi connectivity index (χ2v) is 8.62. The Morgan fingerprint density at radius 1 is 0.946 bits per heavy atom. The fourth-order valence-corrected chi connectivity index (χ4v) is 3.27. The number of aliphatic hydroxyl groups excluding tert-OH is 2. The smallest absolute Gasteiger partial charge is 0.331 e. The van der Waals surface area contributed by atoms with Gasteiger partial charge >= 0.3 is 17.9 Å². The van der Waals surface area contributed by atoms with Gasteiger partial charge in [0.25, 0.3) is 0 Å². The Kier molecular flexibility index (Phi) is 17.1. The summed E-state index contributed by atoms with van der Waals surface area (Å²) >= 11 is 0. The van der Waals surface area contributed by atoms with Crippen molar-refractivity contribution in [3.8, 4) is 0 Å². The van der Waals surface area contributed by atoms with Crippen LogP contribution in [-0.2, 0) is 28.6 Å². The van der Waals surface area contributed by atoms with Gasteiger partial charge in [0.15, 0.2) is 0 Å². The molecular weight excluding hydrogens is 476 g/mol. The molecule has 8 heteroatoms. The van der Waals surface area contributed by atoms with Crippen LogP contribution in [0.1, 0.15) is 58.3 Å². The lowest BCUT2D eigenvalue weighted by Crippen LogP contribution is -2.16. The van der Waals surface area contributed by atoms with Crippen LogP contribution in [0, 0.1) is 0 Å². The highest BCUT2D eigenvalue weighted by Crippen LogP contribution is 2.09. The van der Waals surface area contributed by atoms with Gasteiger partial charge in [-0.2, -0.15) is 0 Å². The molecule has 0 aromatic carbocycles. The van der Waals surface area contributed by atoms with E-state index in [-0.39, 0.29) is 25.4 Å². The molecule has 0 aromatic rings. The molecule has 0 saturated carbocycles. The number of carbonyl (C=O) groups is 3. The molecule has 1 heterocycles. The molecule has 1 aliphatic heterocycles. The van der Waals surface area contributed by atoms with E-state index >= 15 is 0 Å². The molecule has 0 fully saturated rings. The van der Waals surface area contributed by atoms with E-state index in [4.69, 9.17) is 9.47 Å². The van der Waals surface area contributed by atoms with Gasteiger partial charge in [0.05, 0.1) is 38.3 Å². The molecule has 0 bridgehead atoms. The fraction of sp³-hybridized carbons (Fsp3) is 0.483. The largest absolute Gasteiger partial charge is 0.469 e. The van der Waals surface area contributed by atoms with Crippen molar-refractivity contribution in [3.63, 3.8) is 0 Å². The summed E-state index contributed by atoms with van der Waals surface area (Å²) in [6, 6.07) is 0. The SMILES string of the molecule is COC(=O)CCC(=O)O[C@@H]1/C=C\C=C/C[C@H](O)C[C@@H](O)/C=C\C=C/CCC[C@H](C)OC(=O)/C=C\C=C/C1. The lowest BCUT2D eigenvalue weighted by molar-refractivity contribution is -0.151. The molecule has 0 radical (unpaired) electrons. The number of ether oxygens (including phenoxy) is 3. The van der Waals surface area contributed by atoms with Crippen molar-refractivity contribution >= 4 is 17.9 Å². The Balaban J connectivity index is 2.86. The van der Waals surface area contributed by atoms with E-state index in [9.17, 15) is 24.6 Å². The van der Waals surface area contributed by atoms with Crippen LogP contribution >= 0.6 is 0 Å². The average Bonchev–Trinajstić information content (AvgIpc) is 2.85. The van der Waals surface area contributed by atoms with Gasteiger partial charge in [-0.15, -0.1) is 0 Å². The summed E-state index contributed by atoms with van der Waals surface area (Å²) < 4.78 is 15.3. The second-order valence-electron chi connectivity index (χ2n) is 8.62. The predicted octanol–water partition coefficient (Wildman–Crippen LogP) is 4.20. The maximum Gasteiger partial charge on any atom is 0.331 e. The zero-order valence-electron chi connectivity index (χ0n) is 21.7. The van der Waals surface area contributed by atoms with Gasteiger partial charge in [-0.1, -0.05) is 60.8 Å². The summed E-state index contributed by atoms with van der Waals surface area (Å²) in [5, 5.41) is 20.2. The molecule has 4 atom stereocenters. The number of hydrogen-bond acceptors (Lipinski definition) is 8. The number of carbonyl (C=O) groups excluding carboxylic acids is 3. The van der Waals surface area contributed by atoms with Crippen LogP contribution in [0.4, 0.5) is 0 Å². The third kappa shape index (κ3) is 17.8. The van der Waals surface area contributed by atoms with Gasteiger partial charge < -0.3 is 24.4 Å². The number of hydrogen-bond donors (Lipinski definition) is 2. The molecule has 204 valence electrons. The van der Waals surface area contributed by atoms with Crippen LogP contribution in [0.15, 0.2) is 72.9 Å². The summed E-state index contributed by atoms with van der Waals surface area (Å²) in [4.78, 5) is 35.4. The van der Waals surface area contributed by atoms with E-state index in [0.717, 1.165) is 19.3 Å². The number of rotatable bonds is 4. The molecule has 37 heavy (non-hydrogen) atoms. The van der Waals surface area contributed by atoms with Gasteiger partial charge in [-0.3, -0.25) is 9.59 Å². The van der Waals surface area contributed by atoms with E-state index in [0.29, 0.717) is 12.8 Å². The summed E-state index contributed by atoms with van der Waals surface area (Å²) in [5.74, 6) is -1.46. The maximum atomic E-state index is 12.1. The Morgan fingerprint density at radius 3 is 2.41 bits per heavy atom. The molecule has 0 spiro atoms. The lowest BCUT2D eigenvalue weighted by Gasteiger charge is -2.12. The highest BCUT2D eigenvalue weighted by Gasteiger charge is 2.13. The van der Waals surface area contributed by atoms with Crippen molar-refractivity contribution in [2.75, 3.05) is 7.11 Å². The minimum Gasteiger partial charge on any atom is -0.469 e. The molecule has 0 saturated heterocycles. The Hall–Kier alpha value is -3.23. The van der Waals surface area contributed by atoms with E-state index in [2.05, 4.69) is 4.74 Å². The number of esters is 3. The Labute approximate surface area is 219 Å². The molecule has 0 aliphatic carbocycles. The minimum absolute atomic E-state index is 0.0694. The normalized spacial score (nSPS) is 29.9. The van der Waals surface area contributed by atoms with E-state index in [1.165, 1.54) is 13.2 Å². The molecular formula is C29H40O8. The van der Waals surface area contributed by atoms with Gasteiger partial charge in [0.2, 0.25) is 0 Å². The number of aliphatic hydroxyl groups is 2. The number of methoxy groups -OCH3 is 1. The monoisotopic (exact) mass is 516 g/mol. The van der Waals surface area contributed by atoms with Crippen molar-refractivity contribution in [1.29, 1.82) is 0 Å². The lowest BCUT2D eigenvalue weighted by atomic mass is 10.1. The second kappa shape index (κ2) is 19.9. The summed E-state index contributed by atoms with van der Waals surface area (Å²) in [7, 11) is 1.25. The van der Waals surface area contributed by atoms with E-state index < -0.39 is 36.2 Å². The summed E-state index contributed by atoms with van der Waals surface area (Å²) in [6.45, 7) is 1.84. The predicted molar refractivity (Wildman–Crippen MR) is 141 cm³/mol. The van der Waals surface area contributed by atoms with Crippen LogP contribution in [0.25, 0.3) is 0 Å². The standard InChI is InChI=1S/C29H40O8/c1-23-14-8-4-3-5-9-15-24(30)22-25(31)16-10-6-11-17-26(18-12-7-13-19-28(33)36-23)37-29(34)21-20-27(32)35-2/h3,5-7,9-13,15,17,19,23-26,30-31H,4,8,14,16,18,20-22H2,1-2H3/b5-3-,10-6-,12-7-,15-9-,17-11-,19-13-/t23-,24-,25-,26+/m0/s1. The Bertz CT molecular complexity index is 865. The third-order valence-corrected chi connectivity index (χ3v) is 5.27. The number of cyclic esters (lactones) is 1. The highest BCUT2D eigenvalue weighted by atomic mass is 16.5. The van der Waals surface area contributed by atoms with Crippen molar-refractivity contribution in [2.24, 2.45) is 0 Å². The van der Waals surface area contributed by atoms with Crippen LogP contribution in [-0.4, -0.2) is 59.6 Å². The average molecular weight is 517 g/mol. The van der Waals surface area contributed by atoms with Crippen molar-refractivity contribution < 1.29 is 38.8 Å². The van der Waals surface area contributed by atoms with Gasteiger partial charge in [-0.05, 0) is 38.7 Å². The molecule has 2 N–H and O–H groups in total. The summed E-state index contributed by atoms with van der Waals surface area (Å²) in [6.07, 6.45) is 21.3. The molecule has 1 rings (SSSR count). The van der Waals surface area contributed by atoms with Gasteiger partial charge in [-0.25, -0.2) is 4.79 Å². The van der Waals surface area contributed by atoms with Crippen LogP contribution < -0.4 is 0 Å². The van der Waals surface area contributed by atoms with Crippen molar-refractivity contribution in [2.45, 2.75) is 82.7 Å². The Morgan fingerprint density at radius 2 is 1.62 bits per heavy atom. The first-order valence-electron chi connectivity index (χ1n) is 12.6. The third-order valence-electron chi connectivity index (χ3n) is 5.27. The topological polar surface area (TPSA) is 119 Å². The molecule has 8 nitrogen and oxygen atoms in total. The zero-order valence-corrected chi connectivity index (χ0v) is 21.7. The van der Waals surface area contributed by atoms with Crippen molar-refractivity contribution in [1.82, 2.24) is 0 Å². The molecule has 1 aliphatic rings. The molecule has 0 amide bonds. The molecule has 0 aromatic heterocycles. The first-order valence-corrected chi connectivity index (χ1v) is 12.6. The highest BCUT2D eigenvalue weighted by molar-refractivity contribution is 5.82. The fourth-order valence-electron chi connectivity index (χ4n) is 3.27. The van der Waals surface area contributed by atoms with Crippen LogP contribution in [0.5, 0.6) is 0 Å². The van der Waals surface area contributed by atoms with E-state index in [1.807, 2.05) is 19.1 Å². The first-order chi connectivity index (χ1) is 17.8. The van der Waals surface area contributed by atoms with Gasteiger partial charge in [0.1, 0.15) is 6.10 Å². The maximum absolute atomic E-state index is 12.1. The zero-order chi connectivity index (χ0) is 27.3. The summed E-state index contributed by atoms with van der Waals surface area (Å²) in [5.41, 5.74) is 0. The first kappa shape index (κ1) is 31.8. The van der Waals surface area contributed by atoms with Crippen molar-refractivity contribution in [3.05, 3.63) is 72.9 Å².